The van der Waals surface area contributed by atoms with Gasteiger partial charge in [0.15, 0.2) is 0 Å². The molecule has 0 aromatic heterocycles. The number of benzene rings is 6. The number of sulfonamides is 3. The van der Waals surface area contributed by atoms with Gasteiger partial charge in [-0.05, 0) is 144 Å². The number of carbonyl (C=O) groups is 3. The third-order valence-corrected chi connectivity index (χ3v) is 25.8. The maximum atomic E-state index is 13.3. The van der Waals surface area contributed by atoms with Gasteiger partial charge in [0.2, 0.25) is 47.8 Å². The van der Waals surface area contributed by atoms with E-state index in [2.05, 4.69) is 44.8 Å². The molecule has 0 spiro atoms. The van der Waals surface area contributed by atoms with Gasteiger partial charge in [-0.1, -0.05) is 106 Å². The summed E-state index contributed by atoms with van der Waals surface area (Å²) in [5, 5.41) is 11.8. The summed E-state index contributed by atoms with van der Waals surface area (Å²) in [6.07, 6.45) is 0.269. The van der Waals surface area contributed by atoms with Crippen LogP contribution in [0.3, 0.4) is 0 Å². The van der Waals surface area contributed by atoms with Crippen LogP contribution in [0, 0.1) is 0 Å². The standard InChI is InChI=1S/C81H108Cl6N10O18S3/c1-94-52-70(67-46-61(82)49-76(85)73(67)55-94)58-7-4-10-64(43-58)116(101,102)91-19-28-110-34-40-113-37-31-107-25-16-88-79(98)13-22-97(23-14-80(99)89-17-26-108-32-38-114-41-35-111-29-20-92-117(103,104)65-11-5-8-59(44-65)71-53-95(2)56-74-68(71)47-62(83)50-77(74)86)24-15-81(100)90-18-27-109-33-39-115-42-36-112-30-21-93-118(105,106)66-12-6-9-60(45-66)72-54-96(3)57-75-69(72)48-63(84)51-78(75)87/h4-12,43-51,70-72,91-93H,13-42,52-57H2,1-3H3,(H,88,98)(H,89,99)(H,90,100)/t70-,71-,72?/m0/s1. The molecule has 650 valence electrons. The van der Waals surface area contributed by atoms with E-state index in [9.17, 15) is 39.6 Å². The number of nitrogens with one attached hydrogen (secondary N) is 6. The molecule has 118 heavy (non-hydrogen) atoms. The van der Waals surface area contributed by atoms with Crippen LogP contribution in [0.4, 0.5) is 0 Å². The highest BCUT2D eigenvalue weighted by Gasteiger charge is 2.32. The highest BCUT2D eigenvalue weighted by atomic mass is 35.5. The van der Waals surface area contributed by atoms with Gasteiger partial charge in [0.1, 0.15) is 0 Å². The molecule has 6 N–H and O–H groups in total. The number of hydrogen-bond acceptors (Lipinski definition) is 22. The smallest absolute Gasteiger partial charge is 0.240 e. The number of rotatable bonds is 54. The summed E-state index contributed by atoms with van der Waals surface area (Å²) in [4.78, 5) is 47.8. The second-order valence-corrected chi connectivity index (χ2v) is 36.5. The lowest BCUT2D eigenvalue weighted by Gasteiger charge is -2.33. The van der Waals surface area contributed by atoms with Gasteiger partial charge < -0.3 is 78.2 Å². The van der Waals surface area contributed by atoms with Gasteiger partial charge >= 0.3 is 0 Å². The molecule has 37 heteroatoms. The zero-order valence-electron chi connectivity index (χ0n) is 66.7. The fraction of sp³-hybridized carbons (Fsp3) is 0.519. The molecular formula is C81H108Cl6N10O18S3. The number of carbonyl (C=O) groups excluding carboxylic acids is 3. The van der Waals surface area contributed by atoms with E-state index in [0.29, 0.717) is 69.4 Å². The Hall–Kier alpha value is -5.32. The number of nitrogens with zero attached hydrogens (tertiary/aromatic N) is 4. The molecule has 0 bridgehead atoms. The number of fused-ring (bicyclic) bond motifs is 3. The van der Waals surface area contributed by atoms with Crippen molar-refractivity contribution in [2.24, 2.45) is 0 Å². The van der Waals surface area contributed by atoms with Crippen molar-refractivity contribution in [1.82, 2.24) is 49.7 Å². The topological polar surface area (TPSA) is 322 Å². The molecule has 3 aliphatic rings. The van der Waals surface area contributed by atoms with Crippen molar-refractivity contribution in [3.63, 3.8) is 0 Å². The van der Waals surface area contributed by atoms with Crippen LogP contribution < -0.4 is 30.1 Å². The molecule has 6 aromatic rings. The summed E-state index contributed by atoms with van der Waals surface area (Å²) >= 11 is 38.8. The van der Waals surface area contributed by atoms with E-state index < -0.39 is 30.1 Å². The second-order valence-electron chi connectivity index (χ2n) is 28.7. The van der Waals surface area contributed by atoms with Gasteiger partial charge in [-0.15, -0.1) is 0 Å². The Kier molecular flexibility index (Phi) is 40.8. The summed E-state index contributed by atoms with van der Waals surface area (Å²) in [6, 6.07) is 31.5. The maximum absolute atomic E-state index is 13.3. The van der Waals surface area contributed by atoms with Crippen molar-refractivity contribution >= 4 is 117 Å². The van der Waals surface area contributed by atoms with E-state index in [1.165, 1.54) is 0 Å². The van der Waals surface area contributed by atoms with Crippen molar-refractivity contribution in [2.45, 2.75) is 71.3 Å². The van der Waals surface area contributed by atoms with Crippen molar-refractivity contribution in [3.8, 4) is 0 Å². The summed E-state index contributed by atoms with van der Waals surface area (Å²) in [5.41, 5.74) is 8.36. The molecule has 1 unspecified atom stereocenters. The average Bonchev–Trinajstić information content (AvgIpc) is 0.781. The molecule has 0 saturated heterocycles. The molecule has 0 radical (unpaired) electrons. The third kappa shape index (κ3) is 31.8. The highest BCUT2D eigenvalue weighted by molar-refractivity contribution is 7.90. The van der Waals surface area contributed by atoms with Crippen LogP contribution in [-0.2, 0) is 107 Å². The van der Waals surface area contributed by atoms with Gasteiger partial charge in [-0.25, -0.2) is 39.4 Å². The van der Waals surface area contributed by atoms with Crippen LogP contribution in [0.15, 0.2) is 124 Å². The number of ether oxygens (including phenoxy) is 9. The predicted molar refractivity (Wildman–Crippen MR) is 455 cm³/mol. The van der Waals surface area contributed by atoms with Crippen LogP contribution in [0.2, 0.25) is 30.1 Å². The lowest BCUT2D eigenvalue weighted by molar-refractivity contribution is -0.121. The van der Waals surface area contributed by atoms with Crippen LogP contribution in [-0.4, -0.2) is 281 Å². The van der Waals surface area contributed by atoms with E-state index in [1.807, 2.05) is 62.4 Å². The first kappa shape index (κ1) is 96.5. The molecule has 28 nitrogen and oxygen atoms in total. The second kappa shape index (κ2) is 49.8. The van der Waals surface area contributed by atoms with Crippen molar-refractivity contribution in [3.05, 3.63) is 189 Å². The third-order valence-electron chi connectivity index (χ3n) is 19.7. The molecule has 3 heterocycles. The Morgan fingerprint density at radius 3 is 0.839 bits per heavy atom. The SMILES string of the molecule is CN1Cc2c(Cl)cc(Cl)cc2C(c2cccc(S(=O)(=O)NCCOCCOCCOCCNC(=O)CCN(CCC(=O)NCCOCCOCCOCCNS(=O)(=O)c3cccc([C@@H]4CN(C)Cc5c(Cl)cc(Cl)cc54)c3)CCC(=O)NCCOCCOCCOCCNS(=O)(=O)c3cccc([C@@H]4CN(C)Cc5c(Cl)cc(Cl)cc54)c3)c2)C1. The van der Waals surface area contributed by atoms with Crippen molar-refractivity contribution < 1.29 is 82.3 Å². The Labute approximate surface area is 723 Å². The molecule has 0 saturated carbocycles. The number of amides is 3. The number of hydrogen-bond donors (Lipinski definition) is 6. The monoisotopic (exact) mass is 1810 g/mol. The van der Waals surface area contributed by atoms with Gasteiger partial charge in [-0.2, -0.15) is 0 Å². The zero-order chi connectivity index (χ0) is 84.5. The number of likely N-dealkylation sites (N-methyl/N-ethyl adjacent to an activating group) is 3. The molecular weight excluding hydrogens is 1710 g/mol. The first-order valence-corrected chi connectivity index (χ1v) is 45.9. The molecule has 6 aromatic carbocycles. The van der Waals surface area contributed by atoms with E-state index in [0.717, 1.165) is 50.1 Å². The van der Waals surface area contributed by atoms with Gasteiger partial charge in [0.25, 0.3) is 0 Å². The lowest BCUT2D eigenvalue weighted by Crippen LogP contribution is -2.38. The summed E-state index contributed by atoms with van der Waals surface area (Å²) in [6.45, 7) is 9.70. The Morgan fingerprint density at radius 1 is 0.347 bits per heavy atom. The number of halogens is 6. The molecule has 0 fully saturated rings. The Morgan fingerprint density at radius 2 is 0.585 bits per heavy atom. The van der Waals surface area contributed by atoms with Crippen LogP contribution in [0.1, 0.15) is 87.1 Å². The molecule has 3 amide bonds. The van der Waals surface area contributed by atoms with Gasteiger partial charge in [-0.3, -0.25) is 14.4 Å². The first-order chi connectivity index (χ1) is 56.7. The van der Waals surface area contributed by atoms with Crippen molar-refractivity contribution in [2.75, 3.05) is 219 Å². The minimum Gasteiger partial charge on any atom is -0.378 e. The molecule has 3 atom stereocenters. The summed E-state index contributed by atoms with van der Waals surface area (Å²) in [5.74, 6) is -1.10. The Bertz CT molecular complexity index is 4140. The Balaban J connectivity index is 0.605. The first-order valence-electron chi connectivity index (χ1n) is 39.2. The average molecular weight is 1820 g/mol. The fourth-order valence-corrected chi connectivity index (χ4v) is 18.8. The lowest BCUT2D eigenvalue weighted by atomic mass is 9.85. The molecule has 0 aliphatic carbocycles. The van der Waals surface area contributed by atoms with E-state index >= 15 is 0 Å². The molecule has 9 rings (SSSR count). The van der Waals surface area contributed by atoms with Crippen molar-refractivity contribution in [1.29, 1.82) is 0 Å². The van der Waals surface area contributed by atoms with Crippen LogP contribution in [0.25, 0.3) is 0 Å². The minimum absolute atomic E-state index is 0.0539. The van der Waals surface area contributed by atoms with E-state index in [-0.39, 0.29) is 247 Å². The van der Waals surface area contributed by atoms with Crippen LogP contribution in [0.5, 0.6) is 0 Å². The zero-order valence-corrected chi connectivity index (χ0v) is 73.7. The predicted octanol–water partition coefficient (Wildman–Crippen LogP) is 8.54. The van der Waals surface area contributed by atoms with Crippen LogP contribution >= 0.6 is 69.6 Å². The maximum Gasteiger partial charge on any atom is 0.240 e. The fourth-order valence-electron chi connectivity index (χ4n) is 13.9. The van der Waals surface area contributed by atoms with E-state index in [4.69, 9.17) is 112 Å². The minimum atomic E-state index is -3.84. The quantitative estimate of drug-likeness (QED) is 0.0195. The van der Waals surface area contributed by atoms with Gasteiger partial charge in [0.05, 0.1) is 134 Å². The molecule has 3 aliphatic heterocycles. The summed E-state index contributed by atoms with van der Waals surface area (Å²) in [7, 11) is -5.54. The highest BCUT2D eigenvalue weighted by Crippen LogP contribution is 2.42. The van der Waals surface area contributed by atoms with E-state index in [1.54, 1.807) is 72.8 Å². The van der Waals surface area contributed by atoms with Gasteiger partial charge in [0, 0.05) is 165 Å². The summed E-state index contributed by atoms with van der Waals surface area (Å²) < 4.78 is 138. The largest absolute Gasteiger partial charge is 0.378 e. The normalized spacial score (nSPS) is 16.1.